The van der Waals surface area contributed by atoms with E-state index >= 15 is 0 Å². The molecule has 4 aromatic carbocycles. The molecule has 5 rings (SSSR count). The molecule has 3 amide bonds. The fourth-order valence-electron chi connectivity index (χ4n) is 4.45. The highest BCUT2D eigenvalue weighted by Crippen LogP contribution is 2.36. The number of benzene rings is 4. The minimum Gasteiger partial charge on any atom is -0.378 e. The Hall–Kier alpha value is -5.61. The summed E-state index contributed by atoms with van der Waals surface area (Å²) in [6.45, 7) is 1.75. The maximum atomic E-state index is 13.5. The van der Waals surface area contributed by atoms with Gasteiger partial charge in [0.25, 0.3) is 11.8 Å². The van der Waals surface area contributed by atoms with Crippen molar-refractivity contribution in [1.82, 2.24) is 10.5 Å². The van der Waals surface area contributed by atoms with Crippen LogP contribution in [0.5, 0.6) is 0 Å². The monoisotopic (exact) mass is 631 g/mol. The molecule has 0 aliphatic heterocycles. The molecule has 232 valence electrons. The molecule has 10 heteroatoms. The van der Waals surface area contributed by atoms with Crippen molar-refractivity contribution >= 4 is 52.8 Å². The fourth-order valence-corrected chi connectivity index (χ4v) is 5.47. The van der Waals surface area contributed by atoms with E-state index in [0.29, 0.717) is 22.8 Å². The lowest BCUT2D eigenvalue weighted by molar-refractivity contribution is -0.116. The molecule has 9 nitrogen and oxygen atoms in total. The Kier molecular flexibility index (Phi) is 10.3. The molecule has 1 unspecified atom stereocenters. The number of hydrogen-bond donors (Lipinski definition) is 3. The van der Waals surface area contributed by atoms with Gasteiger partial charge in [0.1, 0.15) is 16.7 Å². The SMILES string of the molecule is Cc1cc(NC(=O)C(Sc2ccc(NC(=O)/C(=C/c3ccc(N(C)C)cc3)NC(=O)c3ccccc3)cc2)c2ccccc2)no1. The third-order valence-electron chi connectivity index (χ3n) is 6.84. The fraction of sp³-hybridized carbons (Fsp3) is 0.111. The Labute approximate surface area is 271 Å². The number of nitrogens with one attached hydrogen (secondary N) is 3. The number of amides is 3. The van der Waals surface area contributed by atoms with Crippen molar-refractivity contribution in [3.05, 3.63) is 143 Å². The van der Waals surface area contributed by atoms with Crippen molar-refractivity contribution in [3.8, 4) is 0 Å². The lowest BCUT2D eigenvalue weighted by Crippen LogP contribution is -2.30. The average molecular weight is 632 g/mol. The third kappa shape index (κ3) is 8.52. The van der Waals surface area contributed by atoms with Gasteiger partial charge in [-0.1, -0.05) is 65.8 Å². The first-order chi connectivity index (χ1) is 22.2. The van der Waals surface area contributed by atoms with E-state index in [0.717, 1.165) is 21.7 Å². The van der Waals surface area contributed by atoms with E-state index < -0.39 is 17.1 Å². The van der Waals surface area contributed by atoms with E-state index in [1.807, 2.05) is 91.8 Å². The Morgan fingerprint density at radius 1 is 0.826 bits per heavy atom. The first-order valence-corrected chi connectivity index (χ1v) is 15.4. The molecule has 0 fully saturated rings. The van der Waals surface area contributed by atoms with Crippen molar-refractivity contribution < 1.29 is 18.9 Å². The van der Waals surface area contributed by atoms with E-state index in [1.54, 1.807) is 55.5 Å². The van der Waals surface area contributed by atoms with Crippen LogP contribution in [0.1, 0.15) is 32.5 Å². The highest BCUT2D eigenvalue weighted by Gasteiger charge is 2.23. The zero-order valence-electron chi connectivity index (χ0n) is 25.6. The number of carbonyl (C=O) groups is 3. The molecule has 46 heavy (non-hydrogen) atoms. The molecule has 0 saturated heterocycles. The molecule has 0 aliphatic carbocycles. The summed E-state index contributed by atoms with van der Waals surface area (Å²) < 4.78 is 5.09. The van der Waals surface area contributed by atoms with Crippen LogP contribution >= 0.6 is 11.8 Å². The average Bonchev–Trinajstić information content (AvgIpc) is 3.48. The molecular weight excluding hydrogens is 598 g/mol. The Bertz CT molecular complexity index is 1820. The molecule has 0 aliphatic rings. The van der Waals surface area contributed by atoms with Crippen LogP contribution in [-0.2, 0) is 9.59 Å². The van der Waals surface area contributed by atoms with Crippen LogP contribution in [0.4, 0.5) is 17.2 Å². The minimum atomic E-state index is -0.569. The van der Waals surface area contributed by atoms with Gasteiger partial charge in [0, 0.05) is 42.0 Å². The summed E-state index contributed by atoms with van der Waals surface area (Å²) >= 11 is 1.37. The van der Waals surface area contributed by atoms with Crippen molar-refractivity contribution in [1.29, 1.82) is 0 Å². The van der Waals surface area contributed by atoms with Gasteiger partial charge in [-0.3, -0.25) is 14.4 Å². The van der Waals surface area contributed by atoms with Gasteiger partial charge in [0.05, 0.1) is 0 Å². The van der Waals surface area contributed by atoms with Gasteiger partial charge < -0.3 is 25.4 Å². The minimum absolute atomic E-state index is 0.0915. The summed E-state index contributed by atoms with van der Waals surface area (Å²) in [5.41, 5.74) is 3.63. The highest BCUT2D eigenvalue weighted by molar-refractivity contribution is 8.00. The maximum absolute atomic E-state index is 13.5. The number of nitrogens with zero attached hydrogens (tertiary/aromatic N) is 2. The van der Waals surface area contributed by atoms with Crippen LogP contribution in [0, 0.1) is 6.92 Å². The maximum Gasteiger partial charge on any atom is 0.272 e. The third-order valence-corrected chi connectivity index (χ3v) is 8.10. The van der Waals surface area contributed by atoms with Gasteiger partial charge >= 0.3 is 0 Å². The summed E-state index contributed by atoms with van der Waals surface area (Å²) in [5, 5.41) is 11.8. The number of aromatic nitrogens is 1. The summed E-state index contributed by atoms with van der Waals surface area (Å²) in [7, 11) is 3.90. The normalized spacial score (nSPS) is 11.8. The summed E-state index contributed by atoms with van der Waals surface area (Å²) in [5.74, 6) is -0.185. The molecule has 5 aromatic rings. The Morgan fingerprint density at radius 2 is 1.48 bits per heavy atom. The molecule has 0 radical (unpaired) electrons. The molecular formula is C36H33N5O4S. The van der Waals surface area contributed by atoms with Gasteiger partial charge in [-0.15, -0.1) is 11.8 Å². The molecule has 0 saturated carbocycles. The summed E-state index contributed by atoms with van der Waals surface area (Å²) in [4.78, 5) is 42.6. The van der Waals surface area contributed by atoms with Gasteiger partial charge in [-0.2, -0.15) is 0 Å². The molecule has 1 heterocycles. The van der Waals surface area contributed by atoms with E-state index in [9.17, 15) is 14.4 Å². The smallest absolute Gasteiger partial charge is 0.272 e. The summed E-state index contributed by atoms with van der Waals surface area (Å²) in [6, 6.07) is 34.6. The number of rotatable bonds is 11. The number of anilines is 3. The first-order valence-electron chi connectivity index (χ1n) is 14.5. The van der Waals surface area contributed by atoms with Gasteiger partial charge in [0.15, 0.2) is 5.82 Å². The van der Waals surface area contributed by atoms with Gasteiger partial charge in [-0.25, -0.2) is 0 Å². The highest BCUT2D eigenvalue weighted by atomic mass is 32.2. The topological polar surface area (TPSA) is 117 Å². The number of aryl methyl sites for hydroxylation is 1. The van der Waals surface area contributed by atoms with E-state index in [-0.39, 0.29) is 11.6 Å². The second kappa shape index (κ2) is 14.9. The van der Waals surface area contributed by atoms with Crippen molar-refractivity contribution in [2.75, 3.05) is 29.6 Å². The zero-order chi connectivity index (χ0) is 32.5. The number of thioether (sulfide) groups is 1. The lowest BCUT2D eigenvalue weighted by Gasteiger charge is -2.16. The first kappa shape index (κ1) is 31.8. The summed E-state index contributed by atoms with van der Waals surface area (Å²) in [6.07, 6.45) is 1.64. The van der Waals surface area contributed by atoms with E-state index in [1.165, 1.54) is 11.8 Å². The largest absolute Gasteiger partial charge is 0.378 e. The van der Waals surface area contributed by atoms with Gasteiger partial charge in [-0.05, 0) is 72.7 Å². The predicted molar refractivity (Wildman–Crippen MR) is 183 cm³/mol. The number of hydrogen-bond acceptors (Lipinski definition) is 7. The molecule has 3 N–H and O–H groups in total. The van der Waals surface area contributed by atoms with Crippen LogP contribution in [-0.4, -0.2) is 37.0 Å². The quantitative estimate of drug-likeness (QED) is 0.107. The second-order valence-electron chi connectivity index (χ2n) is 10.6. The molecule has 1 aromatic heterocycles. The predicted octanol–water partition coefficient (Wildman–Crippen LogP) is 6.93. The van der Waals surface area contributed by atoms with Crippen LogP contribution in [0.25, 0.3) is 6.08 Å². The second-order valence-corrected chi connectivity index (χ2v) is 11.7. The van der Waals surface area contributed by atoms with Gasteiger partial charge in [0.2, 0.25) is 5.91 Å². The Morgan fingerprint density at radius 3 is 2.09 bits per heavy atom. The Balaban J connectivity index is 1.33. The van der Waals surface area contributed by atoms with Crippen LogP contribution in [0.15, 0.2) is 130 Å². The lowest BCUT2D eigenvalue weighted by atomic mass is 10.1. The van der Waals surface area contributed by atoms with E-state index in [4.69, 9.17) is 4.52 Å². The van der Waals surface area contributed by atoms with Crippen molar-refractivity contribution in [2.45, 2.75) is 17.1 Å². The van der Waals surface area contributed by atoms with Crippen LogP contribution in [0.2, 0.25) is 0 Å². The standard InChI is InChI=1S/C36H33N5O4S/c1-24-22-32(40-45-24)39-36(44)33(26-10-6-4-7-11-26)46-30-20-16-28(17-21-30)37-35(43)31(38-34(42)27-12-8-5-9-13-27)23-25-14-18-29(19-15-25)41(2)3/h4-23,33H,1-3H3,(H,37,43)(H,38,42)(H,39,40,44)/b31-23-. The zero-order valence-corrected chi connectivity index (χ0v) is 26.4. The molecule has 0 bridgehead atoms. The van der Waals surface area contributed by atoms with Crippen molar-refractivity contribution in [3.63, 3.8) is 0 Å². The molecule has 0 spiro atoms. The van der Waals surface area contributed by atoms with Crippen molar-refractivity contribution in [2.24, 2.45) is 0 Å². The van der Waals surface area contributed by atoms with Crippen LogP contribution < -0.4 is 20.9 Å². The van der Waals surface area contributed by atoms with E-state index in [2.05, 4.69) is 21.1 Å². The number of carbonyl (C=O) groups excluding carboxylic acids is 3. The van der Waals surface area contributed by atoms with Crippen LogP contribution in [0.3, 0.4) is 0 Å². The molecule has 1 atom stereocenters.